The van der Waals surface area contributed by atoms with Gasteiger partial charge in [-0.2, -0.15) is 4.98 Å². The van der Waals surface area contributed by atoms with E-state index in [0.717, 1.165) is 38.0 Å². The number of aromatic nitrogens is 2. The summed E-state index contributed by atoms with van der Waals surface area (Å²) >= 11 is 0. The normalized spacial score (nSPS) is 19.7. The summed E-state index contributed by atoms with van der Waals surface area (Å²) in [4.78, 5) is 37.5. The summed E-state index contributed by atoms with van der Waals surface area (Å²) in [7, 11) is 0. The molecule has 3 heterocycles. The zero-order chi connectivity index (χ0) is 28.2. The van der Waals surface area contributed by atoms with Crippen molar-refractivity contribution < 1.29 is 19.1 Å². The van der Waals surface area contributed by atoms with Gasteiger partial charge in [0.1, 0.15) is 18.0 Å². The van der Waals surface area contributed by atoms with Gasteiger partial charge in [0.15, 0.2) is 0 Å². The fourth-order valence-corrected chi connectivity index (χ4v) is 5.16. The van der Waals surface area contributed by atoms with Crippen LogP contribution in [-0.2, 0) is 20.8 Å². The van der Waals surface area contributed by atoms with Gasteiger partial charge in [0.05, 0.1) is 12.1 Å². The quantitative estimate of drug-likeness (QED) is 0.415. The molecule has 1 aromatic heterocycles. The molecular weight excluding hydrogens is 494 g/mol. The van der Waals surface area contributed by atoms with Crippen LogP contribution < -0.4 is 10.2 Å². The number of amides is 1. The number of ether oxygens (including phenoxy) is 2. The number of nitrogens with one attached hydrogen (secondary N) is 1. The molecule has 212 valence electrons. The van der Waals surface area contributed by atoms with Crippen molar-refractivity contribution in [1.29, 1.82) is 0 Å². The number of nitrogens with zero attached hydrogens (tertiary/aromatic N) is 4. The van der Waals surface area contributed by atoms with Crippen LogP contribution in [0, 0.1) is 11.8 Å². The second-order valence-corrected chi connectivity index (χ2v) is 12.1. The highest BCUT2D eigenvalue weighted by molar-refractivity contribution is 5.89. The van der Waals surface area contributed by atoms with E-state index in [-0.39, 0.29) is 30.1 Å². The van der Waals surface area contributed by atoms with Crippen molar-refractivity contribution in [2.24, 2.45) is 11.8 Å². The van der Waals surface area contributed by atoms with Crippen molar-refractivity contribution in [2.75, 3.05) is 29.9 Å². The Kier molecular flexibility index (Phi) is 9.10. The molecule has 2 aliphatic rings. The highest BCUT2D eigenvalue weighted by Crippen LogP contribution is 2.27. The molecule has 1 amide bonds. The Hall–Kier alpha value is -3.20. The first-order valence-electron chi connectivity index (χ1n) is 14.1. The van der Waals surface area contributed by atoms with Gasteiger partial charge in [-0.15, -0.1) is 0 Å². The molecule has 0 saturated carbocycles. The second-order valence-electron chi connectivity index (χ2n) is 12.1. The first kappa shape index (κ1) is 28.8. The number of likely N-dealkylation sites (tertiary alicyclic amines) is 1. The lowest BCUT2D eigenvalue weighted by atomic mass is 9.93. The maximum absolute atomic E-state index is 12.3. The fourth-order valence-electron chi connectivity index (χ4n) is 5.16. The van der Waals surface area contributed by atoms with E-state index in [1.54, 1.807) is 17.2 Å². The zero-order valence-electron chi connectivity index (χ0n) is 24.1. The van der Waals surface area contributed by atoms with Gasteiger partial charge in [-0.1, -0.05) is 38.1 Å². The van der Waals surface area contributed by atoms with Gasteiger partial charge in [0, 0.05) is 19.2 Å². The molecule has 0 aliphatic carbocycles. The Morgan fingerprint density at radius 1 is 1.13 bits per heavy atom. The molecule has 9 nitrogen and oxygen atoms in total. The number of esters is 1. The molecule has 39 heavy (non-hydrogen) atoms. The van der Waals surface area contributed by atoms with Crippen LogP contribution in [-0.4, -0.2) is 58.3 Å². The number of benzene rings is 1. The van der Waals surface area contributed by atoms with Crippen molar-refractivity contribution in [3.63, 3.8) is 0 Å². The number of hydrogen-bond donors (Lipinski definition) is 1. The SMILES string of the molecule is CC(C)[C@H]1COC(=O)N1c1ccnc(N[C@@H](C)c2ccc(CN3CCC(CC(=O)OC(C)(C)C)CC3)cc2)n1. The lowest BCUT2D eigenvalue weighted by molar-refractivity contribution is -0.156. The number of hydrogen-bond acceptors (Lipinski definition) is 8. The molecule has 1 N–H and O–H groups in total. The number of carbonyl (C=O) groups is 2. The Labute approximate surface area is 232 Å². The molecule has 0 spiro atoms. The monoisotopic (exact) mass is 537 g/mol. The highest BCUT2D eigenvalue weighted by Gasteiger charge is 2.37. The third-order valence-corrected chi connectivity index (χ3v) is 7.38. The van der Waals surface area contributed by atoms with Crippen molar-refractivity contribution in [3.8, 4) is 0 Å². The Bertz CT molecular complexity index is 1120. The fraction of sp³-hybridized carbons (Fsp3) is 0.600. The highest BCUT2D eigenvalue weighted by atomic mass is 16.6. The summed E-state index contributed by atoms with van der Waals surface area (Å²) in [6, 6.07) is 10.3. The number of cyclic esters (lactones) is 1. The largest absolute Gasteiger partial charge is 0.460 e. The van der Waals surface area contributed by atoms with E-state index in [4.69, 9.17) is 9.47 Å². The molecule has 2 aromatic rings. The molecule has 0 unspecified atom stereocenters. The molecule has 2 aliphatic heterocycles. The summed E-state index contributed by atoms with van der Waals surface area (Å²) in [5.41, 5.74) is 1.97. The maximum atomic E-state index is 12.3. The van der Waals surface area contributed by atoms with Crippen LogP contribution in [0.1, 0.15) is 78.0 Å². The van der Waals surface area contributed by atoms with Crippen LogP contribution >= 0.6 is 0 Å². The number of anilines is 2. The van der Waals surface area contributed by atoms with Gasteiger partial charge in [0.2, 0.25) is 5.95 Å². The lowest BCUT2D eigenvalue weighted by Crippen LogP contribution is -2.37. The van der Waals surface area contributed by atoms with Gasteiger partial charge in [-0.3, -0.25) is 14.6 Å². The van der Waals surface area contributed by atoms with Crippen LogP contribution in [0.25, 0.3) is 0 Å². The summed E-state index contributed by atoms with van der Waals surface area (Å²) in [5, 5.41) is 3.37. The third kappa shape index (κ3) is 7.91. The van der Waals surface area contributed by atoms with E-state index in [1.807, 2.05) is 20.8 Å². The van der Waals surface area contributed by atoms with E-state index >= 15 is 0 Å². The second kappa shape index (κ2) is 12.3. The van der Waals surface area contributed by atoms with Crippen LogP contribution in [0.2, 0.25) is 0 Å². The van der Waals surface area contributed by atoms with Gasteiger partial charge < -0.3 is 14.8 Å². The molecule has 2 atom stereocenters. The Morgan fingerprint density at radius 3 is 2.46 bits per heavy atom. The lowest BCUT2D eigenvalue weighted by Gasteiger charge is -2.32. The third-order valence-electron chi connectivity index (χ3n) is 7.38. The summed E-state index contributed by atoms with van der Waals surface area (Å²) in [6.45, 7) is 15.2. The molecule has 0 radical (unpaired) electrons. The number of piperidine rings is 1. The van der Waals surface area contributed by atoms with E-state index in [0.29, 0.717) is 30.7 Å². The van der Waals surface area contributed by atoms with Crippen molar-refractivity contribution in [1.82, 2.24) is 14.9 Å². The number of rotatable bonds is 9. The smallest absolute Gasteiger partial charge is 0.415 e. The average molecular weight is 538 g/mol. The van der Waals surface area contributed by atoms with Gasteiger partial charge >= 0.3 is 12.1 Å². The van der Waals surface area contributed by atoms with Crippen molar-refractivity contribution in [2.45, 2.75) is 85.0 Å². The van der Waals surface area contributed by atoms with E-state index in [2.05, 4.69) is 65.2 Å². The maximum Gasteiger partial charge on any atom is 0.415 e. The van der Waals surface area contributed by atoms with E-state index in [1.165, 1.54) is 5.56 Å². The average Bonchev–Trinajstić information content (AvgIpc) is 3.26. The topological polar surface area (TPSA) is 96.9 Å². The molecule has 1 aromatic carbocycles. The minimum atomic E-state index is -0.422. The molecule has 9 heteroatoms. The standard InChI is InChI=1S/C30H43N5O4/c1-20(2)25-19-38-29(37)35(25)26-11-14-31-28(33-26)32-21(3)24-9-7-23(8-10-24)18-34-15-12-22(13-16-34)17-27(36)39-30(4,5)6/h7-11,14,20-22,25H,12-13,15-19H2,1-6H3,(H,31,32,33)/t21-,25+/m0/s1. The van der Waals surface area contributed by atoms with E-state index < -0.39 is 5.60 Å². The molecule has 2 fully saturated rings. The summed E-state index contributed by atoms with van der Waals surface area (Å²) in [5.74, 6) is 1.59. The van der Waals surface area contributed by atoms with E-state index in [9.17, 15) is 9.59 Å². The van der Waals surface area contributed by atoms with Gasteiger partial charge in [-0.05, 0) is 82.7 Å². The predicted molar refractivity (Wildman–Crippen MR) is 151 cm³/mol. The zero-order valence-corrected chi connectivity index (χ0v) is 24.1. The predicted octanol–water partition coefficient (Wildman–Crippen LogP) is 5.57. The minimum Gasteiger partial charge on any atom is -0.460 e. The first-order valence-corrected chi connectivity index (χ1v) is 14.1. The van der Waals surface area contributed by atoms with Gasteiger partial charge in [0.25, 0.3) is 0 Å². The Balaban J connectivity index is 1.28. The summed E-state index contributed by atoms with van der Waals surface area (Å²) in [6.07, 6.45) is 3.85. The Morgan fingerprint density at radius 2 is 1.82 bits per heavy atom. The van der Waals surface area contributed by atoms with Gasteiger partial charge in [-0.25, -0.2) is 9.78 Å². The van der Waals surface area contributed by atoms with Crippen molar-refractivity contribution >= 4 is 23.8 Å². The minimum absolute atomic E-state index is 0.00988. The molecule has 0 bridgehead atoms. The number of carbonyl (C=O) groups excluding carboxylic acids is 2. The molecule has 2 saturated heterocycles. The van der Waals surface area contributed by atoms with Crippen LogP contribution in [0.3, 0.4) is 0 Å². The summed E-state index contributed by atoms with van der Waals surface area (Å²) < 4.78 is 10.8. The van der Waals surface area contributed by atoms with Crippen LogP contribution in [0.4, 0.5) is 16.6 Å². The molecular formula is C30H43N5O4. The first-order chi connectivity index (χ1) is 18.5. The molecule has 4 rings (SSSR count). The van der Waals surface area contributed by atoms with Crippen molar-refractivity contribution in [3.05, 3.63) is 47.7 Å². The van der Waals surface area contributed by atoms with Crippen LogP contribution in [0.15, 0.2) is 36.5 Å². The van der Waals surface area contributed by atoms with Crippen LogP contribution in [0.5, 0.6) is 0 Å².